The molecule has 0 fully saturated rings. The zero-order valence-electron chi connectivity index (χ0n) is 17.2. The number of phenolic OH excluding ortho intramolecular Hbond substituents is 1. The van der Waals surface area contributed by atoms with Crippen LogP contribution < -0.4 is 0 Å². The minimum Gasteiger partial charge on any atom is -0.507 e. The van der Waals surface area contributed by atoms with E-state index >= 15 is 0 Å². The fraction of sp³-hybridized carbons (Fsp3) is 0.455. The quantitative estimate of drug-likeness (QED) is 0.609. The number of phenols is 2. The predicted octanol–water partition coefficient (Wildman–Crippen LogP) is 3.36. The van der Waals surface area contributed by atoms with Gasteiger partial charge < -0.3 is 29.5 Å². The predicted molar refractivity (Wildman–Crippen MR) is 106 cm³/mol. The molecule has 2 rings (SSSR count). The highest BCUT2D eigenvalue weighted by molar-refractivity contribution is 5.52. The van der Waals surface area contributed by atoms with Crippen molar-refractivity contribution in [2.75, 3.05) is 21.3 Å². The van der Waals surface area contributed by atoms with E-state index in [1.165, 1.54) is 0 Å². The smallest absolute Gasteiger partial charge is 0.126 e. The summed E-state index contributed by atoms with van der Waals surface area (Å²) >= 11 is 0. The van der Waals surface area contributed by atoms with Gasteiger partial charge in [0.05, 0.1) is 26.4 Å². The molecule has 6 nitrogen and oxygen atoms in total. The van der Waals surface area contributed by atoms with E-state index in [9.17, 15) is 15.3 Å². The van der Waals surface area contributed by atoms with Crippen molar-refractivity contribution in [2.24, 2.45) is 0 Å². The van der Waals surface area contributed by atoms with Gasteiger partial charge in [-0.05, 0) is 35.4 Å². The number of hydrogen-bond acceptors (Lipinski definition) is 6. The van der Waals surface area contributed by atoms with E-state index < -0.39 is 5.41 Å². The number of aromatic hydroxyl groups is 2. The summed E-state index contributed by atoms with van der Waals surface area (Å²) in [5, 5.41) is 30.5. The first-order valence-corrected chi connectivity index (χ1v) is 9.08. The molecule has 0 aliphatic heterocycles. The molecule has 154 valence electrons. The lowest BCUT2D eigenvalue weighted by Gasteiger charge is -2.29. The molecule has 0 amide bonds. The maximum Gasteiger partial charge on any atom is 0.126 e. The molecule has 0 radical (unpaired) electrons. The van der Waals surface area contributed by atoms with Gasteiger partial charge in [-0.1, -0.05) is 13.8 Å². The zero-order valence-corrected chi connectivity index (χ0v) is 17.2. The van der Waals surface area contributed by atoms with Crippen LogP contribution in [0.1, 0.15) is 47.2 Å². The summed E-state index contributed by atoms with van der Waals surface area (Å²) in [6, 6.07) is 7.52. The van der Waals surface area contributed by atoms with E-state index in [2.05, 4.69) is 13.8 Å². The molecule has 0 heterocycles. The van der Waals surface area contributed by atoms with Gasteiger partial charge in [0.1, 0.15) is 11.5 Å². The SMILES string of the molecule is COCc1cc(C(C)(C)c2cc(COC)c(O)c(COC)c2)cc(CO)c1O. The molecule has 0 spiro atoms. The Hall–Kier alpha value is -2.12. The summed E-state index contributed by atoms with van der Waals surface area (Å²) in [7, 11) is 4.72. The van der Waals surface area contributed by atoms with Crippen molar-refractivity contribution in [2.45, 2.75) is 45.7 Å². The lowest BCUT2D eigenvalue weighted by molar-refractivity contribution is 0.174. The summed E-state index contributed by atoms with van der Waals surface area (Å²) in [6.07, 6.45) is 0. The van der Waals surface area contributed by atoms with Gasteiger partial charge in [-0.2, -0.15) is 0 Å². The monoisotopic (exact) mass is 390 g/mol. The van der Waals surface area contributed by atoms with Crippen LogP contribution in [0.3, 0.4) is 0 Å². The van der Waals surface area contributed by atoms with Gasteiger partial charge in [-0.15, -0.1) is 0 Å². The van der Waals surface area contributed by atoms with Gasteiger partial charge in [0.15, 0.2) is 0 Å². The molecule has 2 aromatic rings. The minimum atomic E-state index is -0.473. The lowest BCUT2D eigenvalue weighted by atomic mass is 9.76. The summed E-state index contributed by atoms with van der Waals surface area (Å²) in [6.45, 7) is 4.62. The van der Waals surface area contributed by atoms with Crippen LogP contribution in [-0.4, -0.2) is 36.6 Å². The van der Waals surface area contributed by atoms with Crippen LogP contribution in [0, 0.1) is 0 Å². The number of aliphatic hydroxyl groups is 1. The van der Waals surface area contributed by atoms with Crippen molar-refractivity contribution in [3.63, 3.8) is 0 Å². The molecule has 0 saturated carbocycles. The lowest BCUT2D eigenvalue weighted by Crippen LogP contribution is -2.21. The number of aliphatic hydroxyl groups excluding tert-OH is 1. The number of hydrogen-bond donors (Lipinski definition) is 3. The fourth-order valence-corrected chi connectivity index (χ4v) is 3.33. The maximum absolute atomic E-state index is 10.5. The molecule has 0 aromatic heterocycles. The van der Waals surface area contributed by atoms with Gasteiger partial charge in [0, 0.05) is 49.0 Å². The summed E-state index contributed by atoms with van der Waals surface area (Å²) in [5.41, 5.74) is 3.83. The number of methoxy groups -OCH3 is 3. The molecule has 0 aliphatic carbocycles. The molecule has 0 bridgehead atoms. The van der Waals surface area contributed by atoms with Crippen molar-refractivity contribution < 1.29 is 29.5 Å². The van der Waals surface area contributed by atoms with Crippen LogP contribution in [0.15, 0.2) is 24.3 Å². The Kier molecular flexibility index (Phi) is 7.43. The van der Waals surface area contributed by atoms with Gasteiger partial charge >= 0.3 is 0 Å². The van der Waals surface area contributed by atoms with Crippen LogP contribution in [-0.2, 0) is 46.1 Å². The molecule has 3 N–H and O–H groups in total. The zero-order chi connectivity index (χ0) is 20.9. The van der Waals surface area contributed by atoms with E-state index in [1.807, 2.05) is 18.2 Å². The van der Waals surface area contributed by atoms with E-state index in [0.717, 1.165) is 11.1 Å². The molecule has 6 heteroatoms. The van der Waals surface area contributed by atoms with Crippen LogP contribution in [0.25, 0.3) is 0 Å². The number of benzene rings is 2. The summed E-state index contributed by atoms with van der Waals surface area (Å²) in [4.78, 5) is 0. The molecule has 0 unspecified atom stereocenters. The average Bonchev–Trinajstić information content (AvgIpc) is 2.66. The Morgan fingerprint density at radius 3 is 1.32 bits per heavy atom. The first kappa shape index (κ1) is 22.2. The maximum atomic E-state index is 10.5. The third kappa shape index (κ3) is 4.47. The molecule has 0 aliphatic rings. The first-order chi connectivity index (χ1) is 13.3. The van der Waals surface area contributed by atoms with E-state index in [4.69, 9.17) is 14.2 Å². The Bertz CT molecular complexity index is 786. The standard InChI is InChI=1S/C22H30O6/c1-22(2,18-6-14(10-23)20(24)15(7-18)11-26-3)19-8-16(12-27-4)21(25)17(9-19)13-28-5/h6-9,23-25H,10-13H2,1-5H3. The van der Waals surface area contributed by atoms with Crippen LogP contribution in [0.2, 0.25) is 0 Å². The average molecular weight is 390 g/mol. The van der Waals surface area contributed by atoms with Crippen LogP contribution >= 0.6 is 0 Å². The third-order valence-electron chi connectivity index (χ3n) is 5.05. The van der Waals surface area contributed by atoms with E-state index in [-0.39, 0.29) is 37.9 Å². The fourth-order valence-electron chi connectivity index (χ4n) is 3.33. The van der Waals surface area contributed by atoms with Crippen molar-refractivity contribution in [3.8, 4) is 11.5 Å². The number of ether oxygens (including phenoxy) is 3. The number of rotatable bonds is 9. The molecule has 2 aromatic carbocycles. The second-order valence-electron chi connectivity index (χ2n) is 7.37. The van der Waals surface area contributed by atoms with Gasteiger partial charge in [0.25, 0.3) is 0 Å². The molecule has 0 atom stereocenters. The van der Waals surface area contributed by atoms with Gasteiger partial charge in [0.2, 0.25) is 0 Å². The minimum absolute atomic E-state index is 0.0507. The van der Waals surface area contributed by atoms with Crippen molar-refractivity contribution in [3.05, 3.63) is 57.6 Å². The Balaban J connectivity index is 2.64. The Morgan fingerprint density at radius 1 is 0.679 bits per heavy atom. The normalized spacial score (nSPS) is 11.8. The second kappa shape index (κ2) is 9.39. The van der Waals surface area contributed by atoms with Crippen LogP contribution in [0.5, 0.6) is 11.5 Å². The van der Waals surface area contributed by atoms with Crippen molar-refractivity contribution in [1.82, 2.24) is 0 Å². The van der Waals surface area contributed by atoms with Gasteiger partial charge in [-0.25, -0.2) is 0 Å². The highest BCUT2D eigenvalue weighted by Crippen LogP contribution is 2.39. The molecular weight excluding hydrogens is 360 g/mol. The topological polar surface area (TPSA) is 88.4 Å². The highest BCUT2D eigenvalue weighted by atomic mass is 16.5. The third-order valence-corrected chi connectivity index (χ3v) is 5.05. The van der Waals surface area contributed by atoms with Gasteiger partial charge in [-0.3, -0.25) is 0 Å². The largest absolute Gasteiger partial charge is 0.507 e. The van der Waals surface area contributed by atoms with Crippen molar-refractivity contribution in [1.29, 1.82) is 0 Å². The summed E-state index contributed by atoms with van der Waals surface area (Å²) in [5.74, 6) is 0.222. The van der Waals surface area contributed by atoms with E-state index in [0.29, 0.717) is 22.3 Å². The Labute approximate surface area is 166 Å². The van der Waals surface area contributed by atoms with Crippen LogP contribution in [0.4, 0.5) is 0 Å². The second-order valence-corrected chi connectivity index (χ2v) is 7.37. The molecule has 0 saturated heterocycles. The summed E-state index contributed by atoms with van der Waals surface area (Å²) < 4.78 is 15.7. The highest BCUT2D eigenvalue weighted by Gasteiger charge is 2.27. The van der Waals surface area contributed by atoms with E-state index in [1.54, 1.807) is 27.4 Å². The Morgan fingerprint density at radius 2 is 1.00 bits per heavy atom. The first-order valence-electron chi connectivity index (χ1n) is 9.08. The molecule has 28 heavy (non-hydrogen) atoms. The molecular formula is C22H30O6. The van der Waals surface area contributed by atoms with Crippen molar-refractivity contribution >= 4 is 0 Å².